The molecule has 104 valence electrons. The molecule has 20 heavy (non-hydrogen) atoms. The Morgan fingerprint density at radius 3 is 2.40 bits per heavy atom. The molecule has 0 aliphatic carbocycles. The number of rotatable bonds is 3. The van der Waals surface area contributed by atoms with E-state index in [0.717, 1.165) is 16.8 Å². The Bertz CT molecular complexity index is 621. The maximum atomic E-state index is 11.8. The highest BCUT2D eigenvalue weighted by atomic mass is 16.5. The van der Waals surface area contributed by atoms with Crippen molar-refractivity contribution in [2.75, 3.05) is 12.8 Å². The van der Waals surface area contributed by atoms with Crippen LogP contribution in [-0.4, -0.2) is 23.0 Å². The first kappa shape index (κ1) is 14.0. The van der Waals surface area contributed by atoms with Crippen molar-refractivity contribution in [3.63, 3.8) is 0 Å². The summed E-state index contributed by atoms with van der Waals surface area (Å²) < 4.78 is 4.82. The average molecular weight is 271 g/mol. The van der Waals surface area contributed by atoms with Crippen molar-refractivity contribution >= 4 is 11.9 Å². The van der Waals surface area contributed by atoms with Crippen molar-refractivity contribution in [1.29, 1.82) is 0 Å². The van der Waals surface area contributed by atoms with Crippen molar-refractivity contribution in [3.05, 3.63) is 42.1 Å². The molecule has 0 spiro atoms. The molecule has 1 heterocycles. The Hall–Kier alpha value is -2.43. The summed E-state index contributed by atoms with van der Waals surface area (Å²) in [5.41, 5.74) is 7.44. The molecule has 0 unspecified atom stereocenters. The minimum Gasteiger partial charge on any atom is -0.468 e. The molecule has 2 aromatic rings. The zero-order valence-corrected chi connectivity index (χ0v) is 11.8. The molecule has 5 heteroatoms. The number of carbonyl (C=O) groups excluding carboxylic acids is 1. The van der Waals surface area contributed by atoms with Crippen LogP contribution in [0.15, 0.2) is 36.5 Å². The molecule has 2 rings (SSSR count). The van der Waals surface area contributed by atoms with Gasteiger partial charge in [-0.05, 0) is 25.5 Å². The van der Waals surface area contributed by atoms with Gasteiger partial charge in [-0.1, -0.05) is 24.3 Å². The Labute approximate surface area is 117 Å². The number of carbonyl (C=O) groups is 1. The van der Waals surface area contributed by atoms with Crippen LogP contribution in [0.5, 0.6) is 0 Å². The number of hydrogen-bond acceptors (Lipinski definition) is 5. The number of nitrogens with two attached hydrogens (primary N) is 1. The van der Waals surface area contributed by atoms with E-state index in [9.17, 15) is 4.79 Å². The normalized spacial score (nSPS) is 11.2. The molecule has 1 aromatic carbocycles. The van der Waals surface area contributed by atoms with E-state index in [0.29, 0.717) is 0 Å². The molecule has 0 saturated carbocycles. The minimum atomic E-state index is -0.683. The molecule has 2 N–H and O–H groups in total. The van der Waals surface area contributed by atoms with Crippen molar-refractivity contribution < 1.29 is 9.53 Å². The second kappa shape index (κ2) is 5.28. The molecular formula is C15H17N3O2. The lowest BCUT2D eigenvalue weighted by Crippen LogP contribution is -2.30. The van der Waals surface area contributed by atoms with Gasteiger partial charge in [-0.25, -0.2) is 9.97 Å². The Morgan fingerprint density at radius 2 is 1.85 bits per heavy atom. The van der Waals surface area contributed by atoms with E-state index in [2.05, 4.69) is 9.97 Å². The van der Waals surface area contributed by atoms with Crippen molar-refractivity contribution in [2.45, 2.75) is 19.3 Å². The molecule has 0 aliphatic heterocycles. The van der Waals surface area contributed by atoms with Gasteiger partial charge in [0, 0.05) is 11.8 Å². The predicted molar refractivity (Wildman–Crippen MR) is 76.9 cm³/mol. The van der Waals surface area contributed by atoms with E-state index in [1.807, 2.05) is 38.1 Å². The van der Waals surface area contributed by atoms with Crippen LogP contribution in [0.4, 0.5) is 5.95 Å². The number of aromatic nitrogens is 2. The Balaban J connectivity index is 2.33. The largest absolute Gasteiger partial charge is 0.468 e. The zero-order chi connectivity index (χ0) is 14.8. The Morgan fingerprint density at radius 1 is 1.20 bits per heavy atom. The number of methoxy groups -OCH3 is 1. The van der Waals surface area contributed by atoms with Gasteiger partial charge in [-0.2, -0.15) is 0 Å². The number of nitrogen functional groups attached to an aromatic ring is 1. The lowest BCUT2D eigenvalue weighted by atomic mass is 9.84. The van der Waals surface area contributed by atoms with Crippen LogP contribution in [0, 0.1) is 0 Å². The summed E-state index contributed by atoms with van der Waals surface area (Å²) >= 11 is 0. The number of hydrogen-bond donors (Lipinski definition) is 1. The maximum absolute atomic E-state index is 11.8. The third-order valence-electron chi connectivity index (χ3n) is 3.27. The fourth-order valence-electron chi connectivity index (χ4n) is 1.97. The number of anilines is 1. The van der Waals surface area contributed by atoms with E-state index in [1.54, 1.807) is 12.3 Å². The topological polar surface area (TPSA) is 78.1 Å². The molecule has 0 bridgehead atoms. The highest BCUT2D eigenvalue weighted by Gasteiger charge is 2.30. The lowest BCUT2D eigenvalue weighted by Gasteiger charge is -2.22. The highest BCUT2D eigenvalue weighted by Crippen LogP contribution is 2.27. The number of nitrogens with zero attached hydrogens (tertiary/aromatic N) is 2. The van der Waals surface area contributed by atoms with Gasteiger partial charge >= 0.3 is 5.97 Å². The van der Waals surface area contributed by atoms with Gasteiger partial charge in [0.05, 0.1) is 18.2 Å². The molecule has 1 aromatic heterocycles. The van der Waals surface area contributed by atoms with Crippen LogP contribution >= 0.6 is 0 Å². The van der Waals surface area contributed by atoms with Crippen LogP contribution < -0.4 is 5.73 Å². The van der Waals surface area contributed by atoms with E-state index >= 15 is 0 Å². The number of benzene rings is 1. The van der Waals surface area contributed by atoms with Crippen molar-refractivity contribution in [1.82, 2.24) is 9.97 Å². The summed E-state index contributed by atoms with van der Waals surface area (Å²) in [4.78, 5) is 19.8. The first-order valence-electron chi connectivity index (χ1n) is 6.23. The fraction of sp³-hybridized carbons (Fsp3) is 0.267. The van der Waals surface area contributed by atoms with Gasteiger partial charge in [0.1, 0.15) is 0 Å². The third kappa shape index (κ3) is 2.61. The number of esters is 1. The minimum absolute atomic E-state index is 0.237. The summed E-state index contributed by atoms with van der Waals surface area (Å²) in [6.07, 6.45) is 1.62. The number of ether oxygens (including phenoxy) is 1. The van der Waals surface area contributed by atoms with Crippen molar-refractivity contribution in [3.8, 4) is 11.3 Å². The first-order chi connectivity index (χ1) is 9.45. The molecule has 0 saturated heterocycles. The summed E-state index contributed by atoms with van der Waals surface area (Å²) in [6, 6.07) is 9.38. The monoisotopic (exact) mass is 271 g/mol. The summed E-state index contributed by atoms with van der Waals surface area (Å²) in [6.45, 7) is 3.66. The maximum Gasteiger partial charge on any atom is 0.315 e. The highest BCUT2D eigenvalue weighted by molar-refractivity contribution is 5.82. The molecule has 0 aliphatic rings. The molecule has 0 radical (unpaired) electrons. The molecular weight excluding hydrogens is 254 g/mol. The van der Waals surface area contributed by atoms with E-state index in [-0.39, 0.29) is 11.9 Å². The average Bonchev–Trinajstić information content (AvgIpc) is 2.46. The molecule has 0 amide bonds. The Kier molecular flexibility index (Phi) is 3.70. The second-order valence-electron chi connectivity index (χ2n) is 4.99. The fourth-order valence-corrected chi connectivity index (χ4v) is 1.97. The molecule has 0 fully saturated rings. The summed E-state index contributed by atoms with van der Waals surface area (Å²) in [7, 11) is 1.39. The van der Waals surface area contributed by atoms with Gasteiger partial charge in [0.25, 0.3) is 0 Å². The van der Waals surface area contributed by atoms with Gasteiger partial charge in [-0.15, -0.1) is 0 Å². The van der Waals surface area contributed by atoms with Gasteiger partial charge in [-0.3, -0.25) is 4.79 Å². The third-order valence-corrected chi connectivity index (χ3v) is 3.27. The smallest absolute Gasteiger partial charge is 0.315 e. The van der Waals surface area contributed by atoms with Crippen LogP contribution in [0.1, 0.15) is 19.4 Å². The molecule has 0 atom stereocenters. The van der Waals surface area contributed by atoms with Crippen LogP contribution in [-0.2, 0) is 14.9 Å². The van der Waals surface area contributed by atoms with Crippen LogP contribution in [0.2, 0.25) is 0 Å². The zero-order valence-electron chi connectivity index (χ0n) is 11.8. The van der Waals surface area contributed by atoms with Gasteiger partial charge < -0.3 is 10.5 Å². The van der Waals surface area contributed by atoms with Gasteiger partial charge in [0.2, 0.25) is 5.95 Å². The lowest BCUT2D eigenvalue weighted by molar-refractivity contribution is -0.146. The quantitative estimate of drug-likeness (QED) is 0.866. The van der Waals surface area contributed by atoms with E-state index in [1.165, 1.54) is 7.11 Å². The van der Waals surface area contributed by atoms with Gasteiger partial charge in [0.15, 0.2) is 0 Å². The standard InChI is InChI=1S/C15H17N3O2/c1-15(2,13(19)20-3)11-6-4-10(5-7-11)12-8-9-17-14(16)18-12/h4-9H,1-3H3,(H2,16,17,18). The summed E-state index contributed by atoms with van der Waals surface area (Å²) in [5.74, 6) is -0.0296. The van der Waals surface area contributed by atoms with E-state index in [4.69, 9.17) is 10.5 Å². The SMILES string of the molecule is COC(=O)C(C)(C)c1ccc(-c2ccnc(N)n2)cc1. The predicted octanol–water partition coefficient (Wildman–Crippen LogP) is 2.18. The van der Waals surface area contributed by atoms with Crippen LogP contribution in [0.3, 0.4) is 0 Å². The second-order valence-corrected chi connectivity index (χ2v) is 4.99. The van der Waals surface area contributed by atoms with E-state index < -0.39 is 5.41 Å². The van der Waals surface area contributed by atoms with Crippen molar-refractivity contribution in [2.24, 2.45) is 0 Å². The first-order valence-corrected chi connectivity index (χ1v) is 6.23. The summed E-state index contributed by atoms with van der Waals surface area (Å²) in [5, 5.41) is 0. The molecule has 5 nitrogen and oxygen atoms in total. The van der Waals surface area contributed by atoms with Crippen LogP contribution in [0.25, 0.3) is 11.3 Å².